The molecule has 0 aliphatic carbocycles. The second-order valence-corrected chi connectivity index (χ2v) is 3.46. The van der Waals surface area contributed by atoms with E-state index in [1.54, 1.807) is 26.2 Å². The van der Waals surface area contributed by atoms with Crippen LogP contribution in [-0.4, -0.2) is 19.1 Å². The third kappa shape index (κ3) is 2.95. The molecule has 0 fully saturated rings. The molecule has 0 unspecified atom stereocenters. The Hall–Kier alpha value is -1.55. The summed E-state index contributed by atoms with van der Waals surface area (Å²) in [5.74, 6) is 0.578. The van der Waals surface area contributed by atoms with Gasteiger partial charge in [0.05, 0.1) is 13.2 Å². The second-order valence-electron chi connectivity index (χ2n) is 3.46. The van der Waals surface area contributed by atoms with Crippen molar-refractivity contribution in [2.45, 2.75) is 19.9 Å². The van der Waals surface area contributed by atoms with E-state index < -0.39 is 6.04 Å². The summed E-state index contributed by atoms with van der Waals surface area (Å²) in [6.07, 6.45) is 0. The predicted molar refractivity (Wildman–Crippen MR) is 60.0 cm³/mol. The number of carbonyl (C=O) groups is 1. The number of ether oxygens (including phenoxy) is 1. The molecule has 1 rings (SSSR count). The standard InChI is InChI=1S/C11H16N2O2/c1-7-6-9(15-3)4-5-10(7)13-11(14)8(2)12/h4-6,8H,12H2,1-3H3,(H,13,14)/t8-/m1/s1. The molecule has 15 heavy (non-hydrogen) atoms. The fourth-order valence-corrected chi connectivity index (χ4v) is 1.15. The second kappa shape index (κ2) is 4.79. The summed E-state index contributed by atoms with van der Waals surface area (Å²) < 4.78 is 5.07. The minimum absolute atomic E-state index is 0.191. The lowest BCUT2D eigenvalue weighted by Gasteiger charge is -2.11. The number of nitrogens with two attached hydrogens (primary N) is 1. The number of hydrogen-bond acceptors (Lipinski definition) is 3. The number of nitrogens with one attached hydrogen (secondary N) is 1. The van der Waals surface area contributed by atoms with Crippen LogP contribution in [0.3, 0.4) is 0 Å². The molecule has 0 spiro atoms. The van der Waals surface area contributed by atoms with Crippen molar-refractivity contribution in [2.24, 2.45) is 5.73 Å². The first-order valence-electron chi connectivity index (χ1n) is 4.75. The SMILES string of the molecule is COc1ccc(NC(=O)[C@@H](C)N)c(C)c1. The minimum Gasteiger partial charge on any atom is -0.497 e. The predicted octanol–water partition coefficient (Wildman–Crippen LogP) is 1.29. The largest absolute Gasteiger partial charge is 0.497 e. The Balaban J connectivity index is 2.83. The van der Waals surface area contributed by atoms with E-state index in [-0.39, 0.29) is 5.91 Å². The normalized spacial score (nSPS) is 12.0. The Bertz CT molecular complexity index is 362. The monoisotopic (exact) mass is 208 g/mol. The van der Waals surface area contributed by atoms with Crippen LogP contribution in [0.25, 0.3) is 0 Å². The Morgan fingerprint density at radius 1 is 1.53 bits per heavy atom. The highest BCUT2D eigenvalue weighted by atomic mass is 16.5. The van der Waals surface area contributed by atoms with Crippen LogP contribution in [0.15, 0.2) is 18.2 Å². The number of amides is 1. The van der Waals surface area contributed by atoms with Crippen LogP contribution in [0, 0.1) is 6.92 Å². The summed E-state index contributed by atoms with van der Waals surface area (Å²) in [5.41, 5.74) is 7.16. The van der Waals surface area contributed by atoms with Gasteiger partial charge in [-0.3, -0.25) is 4.79 Å². The number of hydrogen-bond donors (Lipinski definition) is 2. The number of anilines is 1. The lowest BCUT2D eigenvalue weighted by Crippen LogP contribution is -2.32. The van der Waals surface area contributed by atoms with Crippen molar-refractivity contribution in [1.29, 1.82) is 0 Å². The maximum Gasteiger partial charge on any atom is 0.241 e. The molecular formula is C11H16N2O2. The fraction of sp³-hybridized carbons (Fsp3) is 0.364. The van der Waals surface area contributed by atoms with Crippen LogP contribution in [-0.2, 0) is 4.79 Å². The van der Waals surface area contributed by atoms with Crippen molar-refractivity contribution in [3.63, 3.8) is 0 Å². The number of methoxy groups -OCH3 is 1. The van der Waals surface area contributed by atoms with E-state index in [1.807, 2.05) is 13.0 Å². The molecule has 0 heterocycles. The van der Waals surface area contributed by atoms with Gasteiger partial charge in [-0.1, -0.05) is 0 Å². The van der Waals surface area contributed by atoms with Crippen LogP contribution in [0.5, 0.6) is 5.75 Å². The molecule has 1 aromatic rings. The molecule has 82 valence electrons. The van der Waals surface area contributed by atoms with E-state index in [4.69, 9.17) is 10.5 Å². The van der Waals surface area contributed by atoms with Crippen LogP contribution < -0.4 is 15.8 Å². The van der Waals surface area contributed by atoms with Crippen molar-refractivity contribution >= 4 is 11.6 Å². The molecule has 0 radical (unpaired) electrons. The maximum absolute atomic E-state index is 11.4. The third-order valence-electron chi connectivity index (χ3n) is 2.11. The van der Waals surface area contributed by atoms with Crippen LogP contribution in [0.2, 0.25) is 0 Å². The summed E-state index contributed by atoms with van der Waals surface area (Å²) in [4.78, 5) is 11.4. The molecule has 0 saturated heterocycles. The van der Waals surface area contributed by atoms with Gasteiger partial charge >= 0.3 is 0 Å². The highest BCUT2D eigenvalue weighted by molar-refractivity contribution is 5.95. The number of carbonyl (C=O) groups excluding carboxylic acids is 1. The van der Waals surface area contributed by atoms with Crippen molar-refractivity contribution in [1.82, 2.24) is 0 Å². The Kier molecular flexibility index (Phi) is 3.68. The molecule has 1 aromatic carbocycles. The van der Waals surface area contributed by atoms with Gasteiger partial charge in [0, 0.05) is 5.69 Å². The molecule has 0 aliphatic rings. The van der Waals surface area contributed by atoms with Crippen molar-refractivity contribution < 1.29 is 9.53 Å². The summed E-state index contributed by atoms with van der Waals surface area (Å²) >= 11 is 0. The van der Waals surface area contributed by atoms with Gasteiger partial charge in [-0.05, 0) is 37.6 Å². The van der Waals surface area contributed by atoms with Crippen molar-refractivity contribution in [2.75, 3.05) is 12.4 Å². The van der Waals surface area contributed by atoms with Crippen molar-refractivity contribution in [3.05, 3.63) is 23.8 Å². The van der Waals surface area contributed by atoms with Gasteiger partial charge in [-0.15, -0.1) is 0 Å². The van der Waals surface area contributed by atoms with Crippen LogP contribution in [0.1, 0.15) is 12.5 Å². The van der Waals surface area contributed by atoms with E-state index >= 15 is 0 Å². The fourth-order valence-electron chi connectivity index (χ4n) is 1.15. The molecule has 0 aromatic heterocycles. The lowest BCUT2D eigenvalue weighted by molar-refractivity contribution is -0.117. The topological polar surface area (TPSA) is 64.3 Å². The summed E-state index contributed by atoms with van der Waals surface area (Å²) in [6, 6.07) is 4.95. The quantitative estimate of drug-likeness (QED) is 0.786. The minimum atomic E-state index is -0.508. The zero-order chi connectivity index (χ0) is 11.4. The molecule has 4 heteroatoms. The summed E-state index contributed by atoms with van der Waals surface area (Å²) in [6.45, 7) is 3.55. The smallest absolute Gasteiger partial charge is 0.241 e. The highest BCUT2D eigenvalue weighted by Gasteiger charge is 2.09. The average molecular weight is 208 g/mol. The Labute approximate surface area is 89.4 Å². The van der Waals surface area contributed by atoms with E-state index in [9.17, 15) is 4.79 Å². The number of aryl methyl sites for hydroxylation is 1. The van der Waals surface area contributed by atoms with Gasteiger partial charge in [0.15, 0.2) is 0 Å². The zero-order valence-electron chi connectivity index (χ0n) is 9.20. The molecule has 3 N–H and O–H groups in total. The summed E-state index contributed by atoms with van der Waals surface area (Å²) in [7, 11) is 1.61. The van der Waals surface area contributed by atoms with Crippen molar-refractivity contribution in [3.8, 4) is 5.75 Å². The van der Waals surface area contributed by atoms with Gasteiger partial charge in [-0.25, -0.2) is 0 Å². The number of benzene rings is 1. The molecular weight excluding hydrogens is 192 g/mol. The third-order valence-corrected chi connectivity index (χ3v) is 2.11. The first-order valence-corrected chi connectivity index (χ1v) is 4.75. The number of rotatable bonds is 3. The molecule has 0 aliphatic heterocycles. The first kappa shape index (κ1) is 11.5. The van der Waals surface area contributed by atoms with E-state index in [2.05, 4.69) is 5.32 Å². The molecule has 1 atom stereocenters. The Morgan fingerprint density at radius 3 is 2.67 bits per heavy atom. The summed E-state index contributed by atoms with van der Waals surface area (Å²) in [5, 5.41) is 2.74. The van der Waals surface area contributed by atoms with Gasteiger partial charge in [0.25, 0.3) is 0 Å². The van der Waals surface area contributed by atoms with Gasteiger partial charge in [0.2, 0.25) is 5.91 Å². The molecule has 4 nitrogen and oxygen atoms in total. The Morgan fingerprint density at radius 2 is 2.20 bits per heavy atom. The van der Waals surface area contributed by atoms with Gasteiger partial charge in [-0.2, -0.15) is 0 Å². The van der Waals surface area contributed by atoms with E-state index in [0.29, 0.717) is 0 Å². The molecule has 1 amide bonds. The lowest BCUT2D eigenvalue weighted by atomic mass is 10.2. The van der Waals surface area contributed by atoms with E-state index in [1.165, 1.54) is 0 Å². The van der Waals surface area contributed by atoms with Gasteiger partial charge in [0.1, 0.15) is 5.75 Å². The van der Waals surface area contributed by atoms with Crippen LogP contribution >= 0.6 is 0 Å². The van der Waals surface area contributed by atoms with E-state index in [0.717, 1.165) is 17.0 Å². The maximum atomic E-state index is 11.4. The zero-order valence-corrected chi connectivity index (χ0v) is 9.20. The molecule has 0 bridgehead atoms. The molecule has 0 saturated carbocycles. The van der Waals surface area contributed by atoms with Gasteiger partial charge < -0.3 is 15.8 Å². The first-order chi connectivity index (χ1) is 7.04. The average Bonchev–Trinajstić information content (AvgIpc) is 2.20. The van der Waals surface area contributed by atoms with Crippen LogP contribution in [0.4, 0.5) is 5.69 Å². The highest BCUT2D eigenvalue weighted by Crippen LogP contribution is 2.20.